The van der Waals surface area contributed by atoms with Crippen molar-refractivity contribution in [2.75, 3.05) is 6.61 Å². The zero-order valence-electron chi connectivity index (χ0n) is 6.55. The molecule has 0 amide bonds. The molecule has 0 radical (unpaired) electrons. The topological polar surface area (TPSA) is 21.6 Å². The Labute approximate surface area is 61.9 Å². The second kappa shape index (κ2) is 4.79. The highest BCUT2D eigenvalue weighted by atomic mass is 16.5. The Morgan fingerprint density at radius 3 is 2.60 bits per heavy atom. The minimum absolute atomic E-state index is 0.436. The van der Waals surface area contributed by atoms with Gasteiger partial charge in [-0.2, -0.15) is 0 Å². The Hall–Kier alpha value is -1.05. The van der Waals surface area contributed by atoms with Gasteiger partial charge in [-0.05, 0) is 26.0 Å². The summed E-state index contributed by atoms with van der Waals surface area (Å²) in [4.78, 5) is 3.87. The van der Waals surface area contributed by atoms with E-state index < -0.39 is 0 Å². The molecule has 0 heterocycles. The third kappa shape index (κ3) is 5.09. The summed E-state index contributed by atoms with van der Waals surface area (Å²) in [5.41, 5.74) is 0.890. The molecule has 0 N–H and O–H groups in total. The lowest BCUT2D eigenvalue weighted by atomic mass is 10.4. The van der Waals surface area contributed by atoms with Crippen molar-refractivity contribution >= 4 is 6.21 Å². The molecular weight excluding hydrogens is 126 g/mol. The summed E-state index contributed by atoms with van der Waals surface area (Å²) in [7, 11) is 0. The first kappa shape index (κ1) is 8.95. The Morgan fingerprint density at radius 2 is 2.20 bits per heavy atom. The molecule has 0 aliphatic heterocycles. The molecule has 0 saturated carbocycles. The van der Waals surface area contributed by atoms with Crippen molar-refractivity contribution in [1.82, 2.24) is 0 Å². The van der Waals surface area contributed by atoms with Crippen LogP contribution in [0.3, 0.4) is 0 Å². The van der Waals surface area contributed by atoms with Crippen molar-refractivity contribution < 1.29 is 4.74 Å². The highest BCUT2D eigenvalue weighted by molar-refractivity contribution is 5.77. The number of hydrogen-bond donors (Lipinski definition) is 0. The van der Waals surface area contributed by atoms with E-state index in [2.05, 4.69) is 18.2 Å². The van der Waals surface area contributed by atoms with Crippen LogP contribution in [0.5, 0.6) is 0 Å². The van der Waals surface area contributed by atoms with Crippen LogP contribution in [0.25, 0.3) is 0 Å². The van der Waals surface area contributed by atoms with Gasteiger partial charge in [0.2, 0.25) is 5.88 Å². The van der Waals surface area contributed by atoms with Gasteiger partial charge < -0.3 is 4.74 Å². The molecule has 0 aromatic heterocycles. The van der Waals surface area contributed by atoms with Crippen molar-refractivity contribution in [2.24, 2.45) is 4.99 Å². The molecule has 2 heteroatoms. The van der Waals surface area contributed by atoms with E-state index in [1.807, 2.05) is 13.8 Å². The zero-order chi connectivity index (χ0) is 7.98. The van der Waals surface area contributed by atoms with E-state index in [4.69, 9.17) is 4.74 Å². The molecule has 0 fully saturated rings. The van der Waals surface area contributed by atoms with E-state index in [1.54, 1.807) is 6.21 Å². The van der Waals surface area contributed by atoms with E-state index >= 15 is 0 Å². The van der Waals surface area contributed by atoms with Gasteiger partial charge in [0.1, 0.15) is 0 Å². The van der Waals surface area contributed by atoms with Crippen LogP contribution in [0.15, 0.2) is 29.6 Å². The molecular formula is C8H13NO. The highest BCUT2D eigenvalue weighted by Gasteiger charge is 1.83. The minimum atomic E-state index is 0.436. The fourth-order valence-electron chi connectivity index (χ4n) is 0.386. The predicted molar refractivity (Wildman–Crippen MR) is 44.1 cm³/mol. The quantitative estimate of drug-likeness (QED) is 0.432. The summed E-state index contributed by atoms with van der Waals surface area (Å²) in [6, 6.07) is 0. The molecule has 0 aliphatic rings. The van der Waals surface area contributed by atoms with Crippen LogP contribution in [0.2, 0.25) is 0 Å². The molecule has 0 saturated heterocycles. The van der Waals surface area contributed by atoms with Gasteiger partial charge in [-0.3, -0.25) is 0 Å². The lowest BCUT2D eigenvalue weighted by molar-refractivity contribution is 0.229. The maximum atomic E-state index is 4.96. The molecule has 0 rings (SSSR count). The number of ether oxygens (including phenoxy) is 1. The van der Waals surface area contributed by atoms with E-state index in [0.717, 1.165) is 5.57 Å². The standard InChI is InChI=1S/C8H13NO/c1-5-10-8(4)9-6-7(2)3/h6H,2,4-5H2,1,3H3/b9-6-. The second-order valence-electron chi connectivity index (χ2n) is 1.93. The number of allylic oxidation sites excluding steroid dienone is 1. The second-order valence-corrected chi connectivity index (χ2v) is 1.93. The number of nitrogens with zero attached hydrogens (tertiary/aromatic N) is 1. The molecule has 0 bridgehead atoms. The van der Waals surface area contributed by atoms with Crippen molar-refractivity contribution in [3.63, 3.8) is 0 Å². The number of aliphatic imine (C=N–C) groups is 1. The fourth-order valence-corrected chi connectivity index (χ4v) is 0.386. The highest BCUT2D eigenvalue weighted by Crippen LogP contribution is 1.94. The predicted octanol–water partition coefficient (Wildman–Crippen LogP) is 2.14. The van der Waals surface area contributed by atoms with Gasteiger partial charge in [0.05, 0.1) is 6.61 Å². The van der Waals surface area contributed by atoms with Crippen molar-refractivity contribution in [2.45, 2.75) is 13.8 Å². The Kier molecular flexibility index (Phi) is 4.29. The Bertz CT molecular complexity index is 159. The van der Waals surface area contributed by atoms with Gasteiger partial charge in [0.15, 0.2) is 0 Å². The SMILES string of the molecule is C=C(C)/C=N\C(=C)OCC. The van der Waals surface area contributed by atoms with Crippen LogP contribution < -0.4 is 0 Å². The molecule has 0 unspecified atom stereocenters. The van der Waals surface area contributed by atoms with Crippen LogP contribution in [0.1, 0.15) is 13.8 Å². The normalized spacial score (nSPS) is 9.80. The largest absolute Gasteiger partial charge is 0.478 e. The first-order chi connectivity index (χ1) is 4.66. The molecule has 0 aliphatic carbocycles. The summed E-state index contributed by atoms with van der Waals surface area (Å²) in [6.07, 6.45) is 1.62. The summed E-state index contributed by atoms with van der Waals surface area (Å²) in [5.74, 6) is 0.436. The summed E-state index contributed by atoms with van der Waals surface area (Å²) in [6.45, 7) is 11.6. The maximum Gasteiger partial charge on any atom is 0.205 e. The van der Waals surface area contributed by atoms with E-state index in [-0.39, 0.29) is 0 Å². The van der Waals surface area contributed by atoms with Gasteiger partial charge in [-0.15, -0.1) is 0 Å². The molecule has 0 atom stereocenters. The van der Waals surface area contributed by atoms with Crippen LogP contribution in [0, 0.1) is 0 Å². The van der Waals surface area contributed by atoms with Gasteiger partial charge in [-0.1, -0.05) is 6.58 Å². The average molecular weight is 139 g/mol. The lowest BCUT2D eigenvalue weighted by Gasteiger charge is -1.98. The first-order valence-corrected chi connectivity index (χ1v) is 3.18. The molecule has 0 spiro atoms. The molecule has 56 valence electrons. The van der Waals surface area contributed by atoms with Crippen LogP contribution in [0.4, 0.5) is 0 Å². The third-order valence-corrected chi connectivity index (χ3v) is 0.740. The van der Waals surface area contributed by atoms with E-state index in [0.29, 0.717) is 12.5 Å². The minimum Gasteiger partial charge on any atom is -0.478 e. The smallest absolute Gasteiger partial charge is 0.205 e. The molecule has 10 heavy (non-hydrogen) atoms. The van der Waals surface area contributed by atoms with Crippen molar-refractivity contribution in [1.29, 1.82) is 0 Å². The Balaban J connectivity index is 3.67. The van der Waals surface area contributed by atoms with E-state index in [9.17, 15) is 0 Å². The van der Waals surface area contributed by atoms with Crippen molar-refractivity contribution in [3.8, 4) is 0 Å². The zero-order valence-corrected chi connectivity index (χ0v) is 6.55. The number of hydrogen-bond acceptors (Lipinski definition) is 2. The van der Waals surface area contributed by atoms with Crippen molar-refractivity contribution in [3.05, 3.63) is 24.6 Å². The first-order valence-electron chi connectivity index (χ1n) is 3.18. The van der Waals surface area contributed by atoms with E-state index in [1.165, 1.54) is 0 Å². The van der Waals surface area contributed by atoms with Gasteiger partial charge in [-0.25, -0.2) is 4.99 Å². The third-order valence-electron chi connectivity index (χ3n) is 0.740. The van der Waals surface area contributed by atoms with Gasteiger partial charge >= 0.3 is 0 Å². The van der Waals surface area contributed by atoms with Gasteiger partial charge in [0.25, 0.3) is 0 Å². The molecule has 2 nitrogen and oxygen atoms in total. The fraction of sp³-hybridized carbons (Fsp3) is 0.375. The molecule has 0 aromatic rings. The lowest BCUT2D eigenvalue weighted by Crippen LogP contribution is -1.86. The monoisotopic (exact) mass is 139 g/mol. The van der Waals surface area contributed by atoms with Crippen LogP contribution >= 0.6 is 0 Å². The molecule has 0 aromatic carbocycles. The summed E-state index contributed by atoms with van der Waals surface area (Å²) in [5, 5.41) is 0. The Morgan fingerprint density at radius 1 is 1.60 bits per heavy atom. The average Bonchev–Trinajstić information content (AvgIpc) is 1.85. The summed E-state index contributed by atoms with van der Waals surface area (Å²) >= 11 is 0. The summed E-state index contributed by atoms with van der Waals surface area (Å²) < 4.78 is 4.96. The van der Waals surface area contributed by atoms with Gasteiger partial charge in [0, 0.05) is 6.21 Å². The maximum absolute atomic E-state index is 4.96. The van der Waals surface area contributed by atoms with Crippen LogP contribution in [-0.2, 0) is 4.74 Å². The van der Waals surface area contributed by atoms with Crippen LogP contribution in [-0.4, -0.2) is 12.8 Å². The number of rotatable bonds is 4.